The minimum atomic E-state index is -3.67. The highest BCUT2D eigenvalue weighted by atomic mass is 32.2. The number of amides is 1. The van der Waals surface area contributed by atoms with Crippen molar-refractivity contribution in [2.24, 2.45) is 5.14 Å². The number of sulfonamides is 1. The van der Waals surface area contributed by atoms with Gasteiger partial charge in [-0.05, 0) is 25.1 Å². The van der Waals surface area contributed by atoms with Crippen LogP contribution in [0.15, 0.2) is 72.6 Å². The predicted molar refractivity (Wildman–Crippen MR) is 126 cm³/mol. The lowest BCUT2D eigenvalue weighted by atomic mass is 10.1. The van der Waals surface area contributed by atoms with E-state index in [1.165, 1.54) is 12.1 Å². The van der Waals surface area contributed by atoms with Crippen LogP contribution in [0.3, 0.4) is 0 Å². The van der Waals surface area contributed by atoms with E-state index >= 15 is 0 Å². The molecular weight excluding hydrogens is 445 g/mol. The first-order valence-corrected chi connectivity index (χ1v) is 12.4. The summed E-state index contributed by atoms with van der Waals surface area (Å²) in [5, 5.41) is 11.5. The number of primary sulfonamides is 1. The second-order valence-corrected chi connectivity index (χ2v) is 9.67. The Kier molecular flexibility index (Phi) is 8.06. The van der Waals surface area contributed by atoms with E-state index in [1.54, 1.807) is 47.5 Å². The second-order valence-electron chi connectivity index (χ2n) is 8.01. The van der Waals surface area contributed by atoms with Gasteiger partial charge in [0.25, 0.3) is 5.91 Å². The Labute approximate surface area is 194 Å². The van der Waals surface area contributed by atoms with Crippen LogP contribution in [0.4, 0.5) is 4.39 Å². The molecule has 4 N–H and O–H groups in total. The molecule has 2 aliphatic rings. The van der Waals surface area contributed by atoms with Gasteiger partial charge in [-0.2, -0.15) is 0 Å². The third-order valence-electron chi connectivity index (χ3n) is 5.61. The highest BCUT2D eigenvalue weighted by molar-refractivity contribution is 7.89. The molecule has 0 spiro atoms. The maximum Gasteiger partial charge on any atom is 0.271 e. The molecule has 0 bridgehead atoms. The van der Waals surface area contributed by atoms with E-state index in [4.69, 9.17) is 5.14 Å². The highest BCUT2D eigenvalue weighted by Crippen LogP contribution is 2.24. The van der Waals surface area contributed by atoms with Gasteiger partial charge in [0.05, 0.1) is 5.75 Å². The number of nitrogens with one attached hydrogen (secondary N) is 2. The number of carbonyl (C=O) groups excluding carboxylic acids is 1. The van der Waals surface area contributed by atoms with Crippen molar-refractivity contribution in [3.8, 4) is 0 Å². The molecule has 10 heteroatoms. The zero-order valence-corrected chi connectivity index (χ0v) is 19.4. The van der Waals surface area contributed by atoms with Crippen LogP contribution < -0.4 is 15.8 Å². The Balaban J connectivity index is 1.88. The summed E-state index contributed by atoms with van der Waals surface area (Å²) >= 11 is 0. The average molecular weight is 476 g/mol. The fourth-order valence-corrected chi connectivity index (χ4v) is 4.27. The van der Waals surface area contributed by atoms with E-state index in [9.17, 15) is 17.6 Å². The van der Waals surface area contributed by atoms with E-state index in [0.29, 0.717) is 29.9 Å². The van der Waals surface area contributed by atoms with Crippen LogP contribution in [-0.4, -0.2) is 62.2 Å². The van der Waals surface area contributed by atoms with E-state index in [0.717, 1.165) is 6.42 Å². The lowest BCUT2D eigenvalue weighted by molar-refractivity contribution is -0.126. The number of nitrogens with zero attached hydrogens (tertiary/aromatic N) is 2. The summed E-state index contributed by atoms with van der Waals surface area (Å²) in [7, 11) is -1.80. The minimum Gasteiger partial charge on any atom is -0.356 e. The maximum absolute atomic E-state index is 14.4. The van der Waals surface area contributed by atoms with Crippen molar-refractivity contribution in [2.45, 2.75) is 25.2 Å². The number of rotatable bonds is 9. The lowest BCUT2D eigenvalue weighted by Crippen LogP contribution is -2.41. The van der Waals surface area contributed by atoms with Crippen molar-refractivity contribution >= 4 is 15.9 Å². The minimum absolute atomic E-state index is 0.139. The molecule has 1 fully saturated rings. The number of likely N-dealkylation sites (N-methyl/N-ethyl adjacent to an activating group) is 1. The summed E-state index contributed by atoms with van der Waals surface area (Å²) in [4.78, 5) is 16.7. The van der Waals surface area contributed by atoms with Crippen LogP contribution in [0.5, 0.6) is 0 Å². The monoisotopic (exact) mass is 475 g/mol. The molecule has 0 radical (unpaired) electrons. The summed E-state index contributed by atoms with van der Waals surface area (Å²) in [5.74, 6) is -0.819. The van der Waals surface area contributed by atoms with Gasteiger partial charge in [0.2, 0.25) is 10.0 Å². The quantitative estimate of drug-likeness (QED) is 0.463. The Hall–Kier alpha value is -2.95. The molecule has 2 heterocycles. The van der Waals surface area contributed by atoms with Gasteiger partial charge in [0.1, 0.15) is 17.7 Å². The first-order chi connectivity index (χ1) is 15.7. The van der Waals surface area contributed by atoms with Crippen molar-refractivity contribution in [3.63, 3.8) is 0 Å². The van der Waals surface area contributed by atoms with Crippen molar-refractivity contribution in [2.75, 3.05) is 25.9 Å². The molecule has 3 rings (SSSR count). The van der Waals surface area contributed by atoms with Gasteiger partial charge in [-0.1, -0.05) is 49.1 Å². The Morgan fingerprint density at radius 1 is 1.39 bits per heavy atom. The summed E-state index contributed by atoms with van der Waals surface area (Å²) in [6.45, 7) is 5.19. The van der Waals surface area contributed by atoms with Crippen molar-refractivity contribution in [3.05, 3.63) is 84.0 Å². The summed E-state index contributed by atoms with van der Waals surface area (Å²) in [6.07, 6.45) is 8.36. The first-order valence-electron chi connectivity index (χ1n) is 10.7. The van der Waals surface area contributed by atoms with Gasteiger partial charge in [0.15, 0.2) is 0 Å². The maximum atomic E-state index is 14.4. The molecule has 1 aromatic carbocycles. The third kappa shape index (κ3) is 6.53. The molecular formula is C23H30FN5O3S. The Bertz CT molecular complexity index is 1080. The van der Waals surface area contributed by atoms with Gasteiger partial charge in [-0.3, -0.25) is 4.79 Å². The van der Waals surface area contributed by atoms with Crippen LogP contribution in [0, 0.1) is 5.82 Å². The van der Waals surface area contributed by atoms with E-state index in [2.05, 4.69) is 17.2 Å². The molecule has 8 nitrogen and oxygen atoms in total. The number of likely N-dealkylation sites (tertiary alicyclic amines) is 1. The van der Waals surface area contributed by atoms with Gasteiger partial charge in [-0.15, -0.1) is 0 Å². The number of nitrogens with two attached hydrogens (primary N) is 1. The van der Waals surface area contributed by atoms with E-state index < -0.39 is 16.2 Å². The molecule has 0 saturated carbocycles. The van der Waals surface area contributed by atoms with E-state index in [-0.39, 0.29) is 30.1 Å². The molecule has 2 unspecified atom stereocenters. The molecule has 0 aromatic heterocycles. The Morgan fingerprint density at radius 2 is 2.15 bits per heavy atom. The second kappa shape index (κ2) is 10.8. The number of hydrogen-bond donors (Lipinski definition) is 3. The largest absolute Gasteiger partial charge is 0.356 e. The summed E-state index contributed by atoms with van der Waals surface area (Å²) in [5.41, 5.74) is 1.51. The van der Waals surface area contributed by atoms with Crippen LogP contribution in [0.25, 0.3) is 0 Å². The third-order valence-corrected chi connectivity index (χ3v) is 6.27. The summed E-state index contributed by atoms with van der Waals surface area (Å²) < 4.78 is 37.0. The van der Waals surface area contributed by atoms with E-state index in [1.807, 2.05) is 11.9 Å². The van der Waals surface area contributed by atoms with Crippen molar-refractivity contribution in [1.82, 2.24) is 20.4 Å². The van der Waals surface area contributed by atoms with Crippen molar-refractivity contribution in [1.29, 1.82) is 0 Å². The smallest absolute Gasteiger partial charge is 0.271 e. The SMILES string of the molecule is C=C/C=C(\C=C/CS(N)(=O)=O)C1NC(C(=O)N2CCC(NC)C2)=CN1Cc1ccccc1F. The normalized spacial score (nSPS) is 21.4. The van der Waals surface area contributed by atoms with Crippen molar-refractivity contribution < 1.29 is 17.6 Å². The predicted octanol–water partition coefficient (Wildman–Crippen LogP) is 1.18. The fraction of sp³-hybridized carbons (Fsp3) is 0.348. The molecule has 1 aromatic rings. The van der Waals surface area contributed by atoms with Crippen LogP contribution in [0.1, 0.15) is 12.0 Å². The van der Waals surface area contributed by atoms with Crippen LogP contribution >= 0.6 is 0 Å². The number of halogens is 1. The molecule has 0 aliphatic carbocycles. The van der Waals surface area contributed by atoms with Crippen LogP contribution in [0.2, 0.25) is 0 Å². The van der Waals surface area contributed by atoms with Gasteiger partial charge >= 0.3 is 0 Å². The summed E-state index contributed by atoms with van der Waals surface area (Å²) in [6, 6.07) is 6.69. The van der Waals surface area contributed by atoms with Crippen LogP contribution in [-0.2, 0) is 21.4 Å². The first kappa shape index (κ1) is 24.7. The molecule has 1 amide bonds. The number of hydrogen-bond acceptors (Lipinski definition) is 6. The Morgan fingerprint density at radius 3 is 2.79 bits per heavy atom. The standard InChI is InChI=1S/C23H30FN5O3S/c1-3-7-17(9-6-13-33(25,31)32)22-27-21(23(30)28-12-11-19(15-28)26-2)16-29(22)14-18-8-4-5-10-20(18)24/h3-10,16,19,22,26-27H,1,11-15H2,2H3,(H2,25,31,32)/b9-6-,17-7+. The molecule has 2 atom stereocenters. The molecule has 2 aliphatic heterocycles. The fourth-order valence-electron chi connectivity index (χ4n) is 3.90. The average Bonchev–Trinajstić information content (AvgIpc) is 3.41. The van der Waals surface area contributed by atoms with Gasteiger partial charge in [0, 0.05) is 37.4 Å². The number of allylic oxidation sites excluding steroid dienone is 2. The zero-order chi connectivity index (χ0) is 24.0. The number of benzene rings is 1. The molecule has 1 saturated heterocycles. The topological polar surface area (TPSA) is 108 Å². The van der Waals surface area contributed by atoms with Gasteiger partial charge < -0.3 is 20.4 Å². The highest BCUT2D eigenvalue weighted by Gasteiger charge is 2.34. The molecule has 33 heavy (non-hydrogen) atoms. The van der Waals surface area contributed by atoms with Gasteiger partial charge in [-0.25, -0.2) is 17.9 Å². The lowest BCUT2D eigenvalue weighted by Gasteiger charge is -2.27. The molecule has 178 valence electrons. The number of carbonyl (C=O) groups is 1. The zero-order valence-electron chi connectivity index (χ0n) is 18.6.